The van der Waals surface area contributed by atoms with E-state index in [1.807, 2.05) is 0 Å². The summed E-state index contributed by atoms with van der Waals surface area (Å²) in [7, 11) is 0. The molecule has 0 amide bonds. The SMILES string of the molecule is C[C@]12CCC3C(C1C[C@@H](O)[C@@H]2O)[C@@H](O)C[C@@H]1C[C@@H](O)CC[C@]31C. The van der Waals surface area contributed by atoms with Crippen LogP contribution in [-0.2, 0) is 0 Å². The molecule has 0 heterocycles. The van der Waals surface area contributed by atoms with E-state index in [9.17, 15) is 20.4 Å². The van der Waals surface area contributed by atoms with E-state index in [1.165, 1.54) is 0 Å². The van der Waals surface area contributed by atoms with Crippen molar-refractivity contribution < 1.29 is 20.4 Å². The van der Waals surface area contributed by atoms with Gasteiger partial charge in [-0.25, -0.2) is 0 Å². The first kappa shape index (κ1) is 16.3. The van der Waals surface area contributed by atoms with Gasteiger partial charge < -0.3 is 20.4 Å². The van der Waals surface area contributed by atoms with Crippen LogP contribution < -0.4 is 0 Å². The monoisotopic (exact) mass is 324 g/mol. The van der Waals surface area contributed by atoms with Gasteiger partial charge in [-0.1, -0.05) is 13.8 Å². The molecule has 23 heavy (non-hydrogen) atoms. The quantitative estimate of drug-likeness (QED) is 0.547. The van der Waals surface area contributed by atoms with Gasteiger partial charge in [-0.15, -0.1) is 0 Å². The number of fused-ring (bicyclic) bond motifs is 5. The van der Waals surface area contributed by atoms with Crippen molar-refractivity contribution in [1.29, 1.82) is 0 Å². The van der Waals surface area contributed by atoms with Crippen molar-refractivity contribution in [1.82, 2.24) is 0 Å². The summed E-state index contributed by atoms with van der Waals surface area (Å²) < 4.78 is 0. The van der Waals surface area contributed by atoms with Crippen molar-refractivity contribution in [2.24, 2.45) is 34.5 Å². The Hall–Kier alpha value is -0.160. The highest BCUT2D eigenvalue weighted by Gasteiger charge is 2.64. The van der Waals surface area contributed by atoms with E-state index in [1.54, 1.807) is 0 Å². The van der Waals surface area contributed by atoms with E-state index in [-0.39, 0.29) is 34.9 Å². The van der Waals surface area contributed by atoms with Crippen molar-refractivity contribution in [2.45, 2.75) is 83.2 Å². The molecule has 132 valence electrons. The van der Waals surface area contributed by atoms with Gasteiger partial charge in [-0.2, -0.15) is 0 Å². The molecule has 0 spiro atoms. The maximum atomic E-state index is 10.9. The minimum Gasteiger partial charge on any atom is -0.393 e. The van der Waals surface area contributed by atoms with Crippen LogP contribution in [-0.4, -0.2) is 44.8 Å². The van der Waals surface area contributed by atoms with Gasteiger partial charge in [0, 0.05) is 0 Å². The lowest BCUT2D eigenvalue weighted by Crippen LogP contribution is -2.58. The van der Waals surface area contributed by atoms with Gasteiger partial charge in [-0.05, 0) is 79.4 Å². The molecule has 0 aromatic carbocycles. The molecule has 4 heteroatoms. The molecule has 4 aliphatic carbocycles. The highest BCUT2D eigenvalue weighted by molar-refractivity contribution is 5.13. The molecule has 0 aliphatic heterocycles. The van der Waals surface area contributed by atoms with Crippen molar-refractivity contribution in [3.63, 3.8) is 0 Å². The van der Waals surface area contributed by atoms with Crippen LogP contribution in [0.2, 0.25) is 0 Å². The summed E-state index contributed by atoms with van der Waals surface area (Å²) in [5.74, 6) is 1.27. The summed E-state index contributed by atoms with van der Waals surface area (Å²) in [5, 5.41) is 41.7. The summed E-state index contributed by atoms with van der Waals surface area (Å²) in [6, 6.07) is 0. The summed E-state index contributed by atoms with van der Waals surface area (Å²) in [5.41, 5.74) is -0.0537. The first-order valence-corrected chi connectivity index (χ1v) is 9.49. The smallest absolute Gasteiger partial charge is 0.0855 e. The lowest BCUT2D eigenvalue weighted by atomic mass is 9.44. The Morgan fingerprint density at radius 1 is 0.739 bits per heavy atom. The summed E-state index contributed by atoms with van der Waals surface area (Å²) >= 11 is 0. The van der Waals surface area contributed by atoms with E-state index in [2.05, 4.69) is 13.8 Å². The molecular weight excluding hydrogens is 292 g/mol. The highest BCUT2D eigenvalue weighted by Crippen LogP contribution is 2.66. The van der Waals surface area contributed by atoms with Crippen molar-refractivity contribution in [2.75, 3.05) is 0 Å². The number of rotatable bonds is 0. The van der Waals surface area contributed by atoms with Gasteiger partial charge in [0.15, 0.2) is 0 Å². The molecule has 4 nitrogen and oxygen atoms in total. The van der Waals surface area contributed by atoms with Crippen molar-refractivity contribution in [3.8, 4) is 0 Å². The Labute approximate surface area is 138 Å². The number of hydrogen-bond donors (Lipinski definition) is 4. The van der Waals surface area contributed by atoms with E-state index in [0.29, 0.717) is 18.3 Å². The molecule has 0 bridgehead atoms. The first-order valence-electron chi connectivity index (χ1n) is 9.49. The molecule has 4 N–H and O–H groups in total. The van der Waals surface area contributed by atoms with E-state index >= 15 is 0 Å². The van der Waals surface area contributed by atoms with E-state index in [0.717, 1.165) is 38.5 Å². The topological polar surface area (TPSA) is 80.9 Å². The highest BCUT2D eigenvalue weighted by atomic mass is 16.3. The third-order valence-electron chi connectivity index (χ3n) is 8.63. The predicted octanol–water partition coefficient (Wildman–Crippen LogP) is 1.69. The maximum absolute atomic E-state index is 10.9. The normalized spacial score (nSPS) is 62.3. The number of aliphatic hydroxyl groups excluding tert-OH is 4. The second-order valence-electron chi connectivity index (χ2n) is 9.52. The van der Waals surface area contributed by atoms with Gasteiger partial charge in [0.1, 0.15) is 0 Å². The lowest BCUT2D eigenvalue weighted by Gasteiger charge is -2.61. The minimum absolute atomic E-state index is 0.192. The van der Waals surface area contributed by atoms with Crippen LogP contribution in [0.3, 0.4) is 0 Å². The zero-order valence-corrected chi connectivity index (χ0v) is 14.4. The van der Waals surface area contributed by atoms with E-state index in [4.69, 9.17) is 0 Å². The standard InChI is InChI=1S/C19H32O4/c1-18-5-3-11(20)7-10(18)8-14(21)16-12(18)4-6-19(2)13(16)9-15(22)17(19)23/h10-17,20-23H,3-9H2,1-2H3/t10-,11-,12?,13?,14-,15+,16?,17-,18-,19-/m0/s1. The van der Waals surface area contributed by atoms with Crippen LogP contribution in [0.25, 0.3) is 0 Å². The summed E-state index contributed by atoms with van der Waals surface area (Å²) in [6.45, 7) is 4.48. The van der Waals surface area contributed by atoms with Crippen LogP contribution in [0.1, 0.15) is 58.8 Å². The minimum atomic E-state index is -0.653. The second kappa shape index (κ2) is 5.17. The zero-order chi connectivity index (χ0) is 16.6. The van der Waals surface area contributed by atoms with Gasteiger partial charge in [-0.3, -0.25) is 0 Å². The largest absolute Gasteiger partial charge is 0.393 e. The Morgan fingerprint density at radius 2 is 1.43 bits per heavy atom. The predicted molar refractivity (Wildman–Crippen MR) is 86.5 cm³/mol. The third-order valence-corrected chi connectivity index (χ3v) is 8.63. The number of aliphatic hydroxyl groups is 4. The third kappa shape index (κ3) is 2.11. The first-order chi connectivity index (χ1) is 10.8. The fourth-order valence-corrected chi connectivity index (χ4v) is 7.19. The van der Waals surface area contributed by atoms with Gasteiger partial charge in [0.25, 0.3) is 0 Å². The molecule has 3 unspecified atom stereocenters. The Kier molecular flexibility index (Phi) is 3.67. The summed E-state index contributed by atoms with van der Waals surface area (Å²) in [4.78, 5) is 0. The Bertz CT molecular complexity index is 482. The summed E-state index contributed by atoms with van der Waals surface area (Å²) in [6.07, 6.45) is 4.24. The van der Waals surface area contributed by atoms with Crippen LogP contribution in [0, 0.1) is 34.5 Å². The second-order valence-corrected chi connectivity index (χ2v) is 9.52. The van der Waals surface area contributed by atoms with Crippen LogP contribution >= 0.6 is 0 Å². The fourth-order valence-electron chi connectivity index (χ4n) is 7.19. The van der Waals surface area contributed by atoms with Gasteiger partial charge in [0.05, 0.1) is 24.4 Å². The molecule has 4 rings (SSSR count). The van der Waals surface area contributed by atoms with E-state index < -0.39 is 12.2 Å². The fraction of sp³-hybridized carbons (Fsp3) is 1.00. The average molecular weight is 324 g/mol. The van der Waals surface area contributed by atoms with Crippen LogP contribution in [0.15, 0.2) is 0 Å². The van der Waals surface area contributed by atoms with Crippen LogP contribution in [0.4, 0.5) is 0 Å². The Morgan fingerprint density at radius 3 is 2.17 bits per heavy atom. The van der Waals surface area contributed by atoms with Crippen molar-refractivity contribution >= 4 is 0 Å². The molecule has 0 aromatic rings. The van der Waals surface area contributed by atoms with Crippen molar-refractivity contribution in [3.05, 3.63) is 0 Å². The van der Waals surface area contributed by atoms with Gasteiger partial charge in [0.2, 0.25) is 0 Å². The molecule has 4 aliphatic rings. The molecular formula is C19H32O4. The van der Waals surface area contributed by atoms with Gasteiger partial charge >= 0.3 is 0 Å². The maximum Gasteiger partial charge on any atom is 0.0855 e. The zero-order valence-electron chi connectivity index (χ0n) is 14.4. The molecule has 0 saturated heterocycles. The molecule has 4 saturated carbocycles. The number of hydrogen-bond acceptors (Lipinski definition) is 4. The molecule has 10 atom stereocenters. The molecule has 4 fully saturated rings. The molecule has 0 radical (unpaired) electrons. The van der Waals surface area contributed by atoms with Crippen LogP contribution in [0.5, 0.6) is 0 Å². The average Bonchev–Trinajstić information content (AvgIpc) is 2.73. The molecule has 0 aromatic heterocycles. The Balaban J connectivity index is 1.68. The lowest BCUT2D eigenvalue weighted by molar-refractivity contribution is -0.177.